The van der Waals surface area contributed by atoms with Gasteiger partial charge >= 0.3 is 0 Å². The lowest BCUT2D eigenvalue weighted by atomic mass is 9.96. The second kappa shape index (κ2) is 4.89. The molecule has 0 heterocycles. The number of hydrogen-bond acceptors (Lipinski definition) is 1. The maximum absolute atomic E-state index is 13.1. The SMILES string of the molecule is CNC(c1cc(F)cc(Br)c1)C(C)C. The van der Waals surface area contributed by atoms with Crippen LogP contribution in [-0.2, 0) is 0 Å². The number of nitrogens with one attached hydrogen (secondary N) is 1. The molecule has 1 rings (SSSR count). The van der Waals surface area contributed by atoms with Crippen molar-refractivity contribution in [3.8, 4) is 0 Å². The van der Waals surface area contributed by atoms with Crippen LogP contribution in [0.3, 0.4) is 0 Å². The third-order valence-corrected chi connectivity index (χ3v) is 2.68. The molecule has 14 heavy (non-hydrogen) atoms. The molecule has 0 aliphatic heterocycles. The van der Waals surface area contributed by atoms with E-state index in [1.54, 1.807) is 6.07 Å². The third-order valence-electron chi connectivity index (χ3n) is 2.22. The second-order valence-corrected chi connectivity index (χ2v) is 4.63. The highest BCUT2D eigenvalue weighted by Crippen LogP contribution is 2.25. The first-order valence-corrected chi connectivity index (χ1v) is 5.47. The van der Waals surface area contributed by atoms with Crippen LogP contribution in [0.5, 0.6) is 0 Å². The lowest BCUT2D eigenvalue weighted by molar-refractivity contribution is 0.440. The Bertz CT molecular complexity index is 292. The molecule has 1 aromatic rings. The Labute approximate surface area is 92.8 Å². The summed E-state index contributed by atoms with van der Waals surface area (Å²) in [6, 6.07) is 5.19. The summed E-state index contributed by atoms with van der Waals surface area (Å²) in [4.78, 5) is 0. The van der Waals surface area contributed by atoms with E-state index >= 15 is 0 Å². The molecule has 1 aromatic carbocycles. The molecule has 0 aliphatic rings. The van der Waals surface area contributed by atoms with Crippen molar-refractivity contribution in [3.05, 3.63) is 34.1 Å². The normalized spacial score (nSPS) is 13.3. The van der Waals surface area contributed by atoms with E-state index < -0.39 is 0 Å². The Morgan fingerprint density at radius 1 is 1.29 bits per heavy atom. The summed E-state index contributed by atoms with van der Waals surface area (Å²) < 4.78 is 13.9. The minimum atomic E-state index is -0.199. The fourth-order valence-electron chi connectivity index (χ4n) is 1.64. The van der Waals surface area contributed by atoms with E-state index in [0.29, 0.717) is 5.92 Å². The molecule has 0 saturated carbocycles. The largest absolute Gasteiger partial charge is 0.313 e. The lowest BCUT2D eigenvalue weighted by Crippen LogP contribution is -2.21. The Kier molecular flexibility index (Phi) is 4.08. The van der Waals surface area contributed by atoms with Gasteiger partial charge in [0.05, 0.1) is 0 Å². The molecular weight excluding hydrogens is 245 g/mol. The highest BCUT2D eigenvalue weighted by molar-refractivity contribution is 9.10. The predicted octanol–water partition coefficient (Wildman–Crippen LogP) is 3.50. The first-order valence-electron chi connectivity index (χ1n) is 4.68. The van der Waals surface area contributed by atoms with Gasteiger partial charge in [0.25, 0.3) is 0 Å². The zero-order chi connectivity index (χ0) is 10.7. The van der Waals surface area contributed by atoms with Crippen LogP contribution in [0.1, 0.15) is 25.5 Å². The van der Waals surface area contributed by atoms with Crippen molar-refractivity contribution in [3.63, 3.8) is 0 Å². The highest BCUT2D eigenvalue weighted by atomic mass is 79.9. The molecule has 0 amide bonds. The summed E-state index contributed by atoms with van der Waals surface area (Å²) in [5.41, 5.74) is 0.981. The fourth-order valence-corrected chi connectivity index (χ4v) is 2.12. The monoisotopic (exact) mass is 259 g/mol. The molecule has 0 aromatic heterocycles. The first kappa shape index (κ1) is 11.7. The zero-order valence-electron chi connectivity index (χ0n) is 8.64. The van der Waals surface area contributed by atoms with Crippen LogP contribution in [0, 0.1) is 11.7 Å². The van der Waals surface area contributed by atoms with Crippen LogP contribution in [0.4, 0.5) is 4.39 Å². The van der Waals surface area contributed by atoms with Gasteiger partial charge in [-0.25, -0.2) is 4.39 Å². The number of halogens is 2. The van der Waals surface area contributed by atoms with E-state index in [2.05, 4.69) is 35.1 Å². The van der Waals surface area contributed by atoms with Crippen molar-refractivity contribution < 1.29 is 4.39 Å². The van der Waals surface area contributed by atoms with Gasteiger partial charge in [-0.1, -0.05) is 29.8 Å². The molecule has 0 aliphatic carbocycles. The summed E-state index contributed by atoms with van der Waals surface area (Å²) in [6.07, 6.45) is 0. The van der Waals surface area contributed by atoms with Gasteiger partial charge in [-0.3, -0.25) is 0 Å². The highest BCUT2D eigenvalue weighted by Gasteiger charge is 2.14. The van der Waals surface area contributed by atoms with Gasteiger partial charge in [-0.15, -0.1) is 0 Å². The van der Waals surface area contributed by atoms with Crippen molar-refractivity contribution in [1.82, 2.24) is 5.32 Å². The van der Waals surface area contributed by atoms with Crippen molar-refractivity contribution in [2.75, 3.05) is 7.05 Å². The number of rotatable bonds is 3. The smallest absolute Gasteiger partial charge is 0.124 e. The topological polar surface area (TPSA) is 12.0 Å². The molecule has 0 spiro atoms. The van der Waals surface area contributed by atoms with Crippen LogP contribution in [-0.4, -0.2) is 7.05 Å². The molecule has 0 radical (unpaired) electrons. The van der Waals surface area contributed by atoms with Gasteiger partial charge in [0.2, 0.25) is 0 Å². The molecule has 3 heteroatoms. The van der Waals surface area contributed by atoms with Crippen molar-refractivity contribution in [2.24, 2.45) is 5.92 Å². The Morgan fingerprint density at radius 3 is 2.36 bits per heavy atom. The van der Waals surface area contributed by atoms with Crippen LogP contribution in [0.2, 0.25) is 0 Å². The molecule has 1 unspecified atom stereocenters. The van der Waals surface area contributed by atoms with Gasteiger partial charge in [0.1, 0.15) is 5.82 Å². The lowest BCUT2D eigenvalue weighted by Gasteiger charge is -2.20. The maximum Gasteiger partial charge on any atom is 0.124 e. The van der Waals surface area contributed by atoms with Gasteiger partial charge < -0.3 is 5.32 Å². The zero-order valence-corrected chi connectivity index (χ0v) is 10.2. The molecule has 1 atom stereocenters. The van der Waals surface area contributed by atoms with E-state index in [9.17, 15) is 4.39 Å². The minimum Gasteiger partial charge on any atom is -0.313 e. The van der Waals surface area contributed by atoms with Gasteiger partial charge in [-0.2, -0.15) is 0 Å². The van der Waals surface area contributed by atoms with Gasteiger partial charge in [-0.05, 0) is 36.7 Å². The Morgan fingerprint density at radius 2 is 1.93 bits per heavy atom. The van der Waals surface area contributed by atoms with Gasteiger partial charge in [0, 0.05) is 10.5 Å². The van der Waals surface area contributed by atoms with Crippen LogP contribution >= 0.6 is 15.9 Å². The molecule has 0 bridgehead atoms. The summed E-state index contributed by atoms with van der Waals surface area (Å²) >= 11 is 3.29. The van der Waals surface area contributed by atoms with Crippen molar-refractivity contribution in [2.45, 2.75) is 19.9 Å². The molecule has 0 saturated heterocycles. The third kappa shape index (κ3) is 2.79. The summed E-state index contributed by atoms with van der Waals surface area (Å²) in [5, 5.41) is 3.18. The quantitative estimate of drug-likeness (QED) is 0.877. The fraction of sp³-hybridized carbons (Fsp3) is 0.455. The predicted molar refractivity (Wildman–Crippen MR) is 60.7 cm³/mol. The average Bonchev–Trinajstić information content (AvgIpc) is 2.02. The Balaban J connectivity index is 3.04. The summed E-state index contributed by atoms with van der Waals surface area (Å²) in [7, 11) is 1.89. The summed E-state index contributed by atoms with van der Waals surface area (Å²) in [6.45, 7) is 4.22. The Hall–Kier alpha value is -0.410. The maximum atomic E-state index is 13.1. The molecule has 1 N–H and O–H groups in total. The second-order valence-electron chi connectivity index (χ2n) is 3.71. The van der Waals surface area contributed by atoms with Crippen molar-refractivity contribution in [1.29, 1.82) is 0 Å². The van der Waals surface area contributed by atoms with Gasteiger partial charge in [0.15, 0.2) is 0 Å². The van der Waals surface area contributed by atoms with E-state index in [-0.39, 0.29) is 11.9 Å². The first-order chi connectivity index (χ1) is 6.54. The summed E-state index contributed by atoms with van der Waals surface area (Å²) in [5.74, 6) is 0.240. The van der Waals surface area contributed by atoms with Crippen LogP contribution < -0.4 is 5.32 Å². The standard InChI is InChI=1S/C11H15BrFN/c1-7(2)11(14-3)8-4-9(12)6-10(13)5-8/h4-7,11,14H,1-3H3. The van der Waals surface area contributed by atoms with E-state index in [0.717, 1.165) is 10.0 Å². The average molecular weight is 260 g/mol. The molecule has 78 valence electrons. The van der Waals surface area contributed by atoms with E-state index in [1.807, 2.05) is 13.1 Å². The molecule has 0 fully saturated rings. The van der Waals surface area contributed by atoms with E-state index in [4.69, 9.17) is 0 Å². The molecular formula is C11H15BrFN. The van der Waals surface area contributed by atoms with E-state index in [1.165, 1.54) is 6.07 Å². The number of benzene rings is 1. The van der Waals surface area contributed by atoms with Crippen molar-refractivity contribution >= 4 is 15.9 Å². The van der Waals surface area contributed by atoms with Crippen LogP contribution in [0.15, 0.2) is 22.7 Å². The van der Waals surface area contributed by atoms with Crippen LogP contribution in [0.25, 0.3) is 0 Å². The molecule has 1 nitrogen and oxygen atoms in total. The number of hydrogen-bond donors (Lipinski definition) is 1. The minimum absolute atomic E-state index is 0.196.